The van der Waals surface area contributed by atoms with Gasteiger partial charge in [0.25, 0.3) is 5.91 Å². The Morgan fingerprint density at radius 2 is 2.17 bits per heavy atom. The Balaban J connectivity index is 1.75. The molecule has 3 aliphatic rings. The van der Waals surface area contributed by atoms with E-state index in [1.54, 1.807) is 12.3 Å². The van der Waals surface area contributed by atoms with Gasteiger partial charge in [-0.3, -0.25) is 9.69 Å². The Morgan fingerprint density at radius 3 is 2.91 bits per heavy atom. The van der Waals surface area contributed by atoms with E-state index in [0.29, 0.717) is 12.0 Å². The highest BCUT2D eigenvalue weighted by molar-refractivity contribution is 5.94. The van der Waals surface area contributed by atoms with Crippen LogP contribution < -0.4 is 0 Å². The fourth-order valence-corrected chi connectivity index (χ4v) is 3.58. The fraction of sp³-hybridized carbons (Fsp3) is 0.556. The van der Waals surface area contributed by atoms with Gasteiger partial charge in [0, 0.05) is 38.4 Å². The molecule has 23 heavy (non-hydrogen) atoms. The van der Waals surface area contributed by atoms with Crippen molar-refractivity contribution in [3.05, 3.63) is 35.7 Å². The monoisotopic (exact) mass is 315 g/mol. The van der Waals surface area contributed by atoms with Crippen molar-refractivity contribution in [1.29, 1.82) is 0 Å². The summed E-state index contributed by atoms with van der Waals surface area (Å²) in [7, 11) is 0. The van der Waals surface area contributed by atoms with Crippen LogP contribution in [0.25, 0.3) is 0 Å². The second-order valence-electron chi connectivity index (χ2n) is 6.91. The molecule has 0 unspecified atom stereocenters. The van der Waals surface area contributed by atoms with Gasteiger partial charge in [0.05, 0.1) is 0 Å². The van der Waals surface area contributed by atoms with Gasteiger partial charge < -0.3 is 10.0 Å². The minimum Gasteiger partial charge on any atom is -0.505 e. The van der Waals surface area contributed by atoms with Crippen molar-refractivity contribution in [3.63, 3.8) is 0 Å². The first-order valence-corrected chi connectivity index (χ1v) is 8.35. The first kappa shape index (κ1) is 16.0. The number of rotatable bonds is 3. The van der Waals surface area contributed by atoms with E-state index >= 15 is 0 Å². The van der Waals surface area contributed by atoms with E-state index in [-0.39, 0.29) is 17.4 Å². The summed E-state index contributed by atoms with van der Waals surface area (Å²) in [4.78, 5) is 21.2. The summed E-state index contributed by atoms with van der Waals surface area (Å²) < 4.78 is 0. The summed E-state index contributed by atoms with van der Waals surface area (Å²) in [6.07, 6.45) is 6.13. The predicted octanol–water partition coefficient (Wildman–Crippen LogP) is 2.29. The fourth-order valence-electron chi connectivity index (χ4n) is 3.58. The van der Waals surface area contributed by atoms with Gasteiger partial charge in [0.2, 0.25) is 0 Å². The molecular formula is C18H25N3O2. The minimum absolute atomic E-state index is 0.0320. The molecule has 1 aromatic heterocycles. The van der Waals surface area contributed by atoms with Gasteiger partial charge in [0.15, 0.2) is 5.69 Å². The molecule has 0 aromatic carbocycles. The predicted molar refractivity (Wildman–Crippen MR) is 89.3 cm³/mol. The Hall–Kier alpha value is -1.88. The number of carbonyl (C=O) groups is 1. The molecule has 3 saturated heterocycles. The van der Waals surface area contributed by atoms with Crippen LogP contribution in [0.4, 0.5) is 0 Å². The number of nitrogens with zero attached hydrogens (tertiary/aromatic N) is 3. The average Bonchev–Trinajstić information content (AvgIpc) is 2.84. The molecule has 2 atom stereocenters. The number of aromatic nitrogens is 1. The molecular weight excluding hydrogens is 290 g/mol. The van der Waals surface area contributed by atoms with Crippen LogP contribution in [0, 0.1) is 5.92 Å². The van der Waals surface area contributed by atoms with Crippen molar-refractivity contribution in [2.45, 2.75) is 32.7 Å². The lowest BCUT2D eigenvalue weighted by molar-refractivity contribution is 0.0731. The summed E-state index contributed by atoms with van der Waals surface area (Å²) in [6, 6.07) is 3.56. The van der Waals surface area contributed by atoms with E-state index in [4.69, 9.17) is 0 Å². The standard InChI is InChI=1S/C18H25N3O2/c1-13(2)7-9-20-10-14-5-6-15(20)12-21(11-14)18(23)17-16(22)4-3-8-19-17/h3-4,7-8,14-15,22H,5-6,9-12H2,1-2H3/t14-,15-/m1/s1. The molecule has 3 aliphatic heterocycles. The lowest BCUT2D eigenvalue weighted by Gasteiger charge is -2.35. The van der Waals surface area contributed by atoms with E-state index in [0.717, 1.165) is 32.6 Å². The van der Waals surface area contributed by atoms with Gasteiger partial charge >= 0.3 is 0 Å². The molecule has 2 bridgehead atoms. The maximum absolute atomic E-state index is 12.7. The van der Waals surface area contributed by atoms with Crippen LogP contribution in [0.15, 0.2) is 30.0 Å². The number of amides is 1. The lowest BCUT2D eigenvalue weighted by Crippen LogP contribution is -2.44. The third-order valence-corrected chi connectivity index (χ3v) is 4.84. The average molecular weight is 315 g/mol. The van der Waals surface area contributed by atoms with Crippen LogP contribution in [0.5, 0.6) is 5.75 Å². The molecule has 0 saturated carbocycles. The second-order valence-corrected chi connectivity index (χ2v) is 6.91. The highest BCUT2D eigenvalue weighted by Crippen LogP contribution is 2.29. The van der Waals surface area contributed by atoms with Crippen LogP contribution in [0.2, 0.25) is 0 Å². The van der Waals surface area contributed by atoms with Crippen molar-refractivity contribution >= 4 is 5.91 Å². The summed E-state index contributed by atoms with van der Waals surface area (Å²) >= 11 is 0. The van der Waals surface area contributed by atoms with Crippen LogP contribution >= 0.6 is 0 Å². The lowest BCUT2D eigenvalue weighted by atomic mass is 9.95. The molecule has 3 fully saturated rings. The first-order valence-electron chi connectivity index (χ1n) is 8.35. The topological polar surface area (TPSA) is 56.7 Å². The maximum Gasteiger partial charge on any atom is 0.276 e. The SMILES string of the molecule is CC(C)=CCN1C[C@H]2CC[C@@H]1CN(C(=O)c1ncccc1O)C2. The van der Waals surface area contributed by atoms with Gasteiger partial charge in [-0.1, -0.05) is 11.6 Å². The van der Waals surface area contributed by atoms with E-state index in [9.17, 15) is 9.90 Å². The molecule has 1 aromatic rings. The summed E-state index contributed by atoms with van der Waals surface area (Å²) in [6.45, 7) is 7.73. The number of aromatic hydroxyl groups is 1. The third-order valence-electron chi connectivity index (χ3n) is 4.84. The van der Waals surface area contributed by atoms with Gasteiger partial charge in [-0.05, 0) is 44.7 Å². The summed E-state index contributed by atoms with van der Waals surface area (Å²) in [5.41, 5.74) is 1.50. The molecule has 5 heteroatoms. The molecule has 4 rings (SSSR count). The van der Waals surface area contributed by atoms with E-state index < -0.39 is 0 Å². The van der Waals surface area contributed by atoms with Crippen molar-refractivity contribution in [3.8, 4) is 5.75 Å². The first-order chi connectivity index (χ1) is 11.0. The third kappa shape index (κ3) is 3.55. The van der Waals surface area contributed by atoms with Crippen LogP contribution in [0.3, 0.4) is 0 Å². The van der Waals surface area contributed by atoms with E-state index in [1.807, 2.05) is 4.90 Å². The van der Waals surface area contributed by atoms with Crippen LogP contribution in [-0.2, 0) is 0 Å². The molecule has 0 aliphatic carbocycles. The Kier molecular flexibility index (Phi) is 4.66. The Morgan fingerprint density at radius 1 is 1.35 bits per heavy atom. The van der Waals surface area contributed by atoms with E-state index in [1.165, 1.54) is 18.1 Å². The summed E-state index contributed by atoms with van der Waals surface area (Å²) in [5, 5.41) is 9.90. The summed E-state index contributed by atoms with van der Waals surface area (Å²) in [5.74, 6) is 0.327. The van der Waals surface area contributed by atoms with Gasteiger partial charge in [-0.25, -0.2) is 4.98 Å². The van der Waals surface area contributed by atoms with Gasteiger partial charge in [-0.15, -0.1) is 0 Å². The van der Waals surface area contributed by atoms with E-state index in [2.05, 4.69) is 29.8 Å². The van der Waals surface area contributed by atoms with Crippen LogP contribution in [-0.4, -0.2) is 58.0 Å². The number of piperidine rings is 1. The maximum atomic E-state index is 12.7. The zero-order chi connectivity index (χ0) is 16.4. The van der Waals surface area contributed by atoms with Crippen molar-refractivity contribution < 1.29 is 9.90 Å². The van der Waals surface area contributed by atoms with Crippen molar-refractivity contribution in [2.24, 2.45) is 5.92 Å². The zero-order valence-electron chi connectivity index (χ0n) is 13.9. The number of fused-ring (bicyclic) bond motifs is 4. The molecule has 0 radical (unpaired) electrons. The molecule has 0 spiro atoms. The quantitative estimate of drug-likeness (QED) is 0.870. The second kappa shape index (κ2) is 6.71. The number of allylic oxidation sites excluding steroid dienone is 1. The number of carbonyl (C=O) groups excluding carboxylic acids is 1. The Labute approximate surface area is 137 Å². The van der Waals surface area contributed by atoms with Crippen molar-refractivity contribution in [2.75, 3.05) is 26.2 Å². The smallest absolute Gasteiger partial charge is 0.276 e. The normalized spacial score (nSPS) is 24.3. The van der Waals surface area contributed by atoms with Crippen molar-refractivity contribution in [1.82, 2.24) is 14.8 Å². The largest absolute Gasteiger partial charge is 0.505 e. The van der Waals surface area contributed by atoms with Gasteiger partial charge in [0.1, 0.15) is 5.75 Å². The molecule has 5 nitrogen and oxygen atoms in total. The molecule has 4 heterocycles. The number of hydrogen-bond donors (Lipinski definition) is 1. The van der Waals surface area contributed by atoms with Gasteiger partial charge in [-0.2, -0.15) is 0 Å². The molecule has 124 valence electrons. The molecule has 1 amide bonds. The van der Waals surface area contributed by atoms with Crippen LogP contribution in [0.1, 0.15) is 37.2 Å². The minimum atomic E-state index is -0.149. The molecule has 1 N–H and O–H groups in total. The Bertz CT molecular complexity index is 610. The highest BCUT2D eigenvalue weighted by atomic mass is 16.3. The number of hydrogen-bond acceptors (Lipinski definition) is 4. The number of pyridine rings is 1. The highest BCUT2D eigenvalue weighted by Gasteiger charge is 2.36. The zero-order valence-corrected chi connectivity index (χ0v) is 13.9.